The molecule has 1 fully saturated rings. The van der Waals surface area contributed by atoms with E-state index in [2.05, 4.69) is 9.97 Å². The van der Waals surface area contributed by atoms with Gasteiger partial charge in [-0.3, -0.25) is 9.13 Å². The predicted molar refractivity (Wildman–Crippen MR) is 154 cm³/mol. The van der Waals surface area contributed by atoms with Gasteiger partial charge in [0.2, 0.25) is 0 Å². The fourth-order valence-electron chi connectivity index (χ4n) is 5.11. The van der Waals surface area contributed by atoms with Crippen molar-refractivity contribution in [2.45, 2.75) is 58.2 Å². The van der Waals surface area contributed by atoms with Gasteiger partial charge in [0.15, 0.2) is 11.6 Å². The molecule has 0 spiro atoms. The molecule has 1 N–H and O–H groups in total. The summed E-state index contributed by atoms with van der Waals surface area (Å²) in [5.74, 6) is -6.59. The molecule has 8 nitrogen and oxygen atoms in total. The number of hydrogen-bond donors (Lipinski definition) is 1. The Labute approximate surface area is 254 Å². The summed E-state index contributed by atoms with van der Waals surface area (Å²) in [6.07, 6.45) is 0.736. The smallest absolute Gasteiger partial charge is 0.410 e. The number of aromatic amines is 1. The number of piperidine rings is 1. The summed E-state index contributed by atoms with van der Waals surface area (Å²) < 4.78 is 66.6. The highest BCUT2D eigenvalue weighted by molar-refractivity contribution is 6.35. The Balaban J connectivity index is 1.45. The van der Waals surface area contributed by atoms with Crippen LogP contribution < -0.4 is 5.69 Å². The molecule has 0 bridgehead atoms. The minimum Gasteiger partial charge on any atom is -0.444 e. The zero-order valence-corrected chi connectivity index (χ0v) is 25.1. The van der Waals surface area contributed by atoms with Crippen molar-refractivity contribution in [1.29, 1.82) is 0 Å². The first kappa shape index (κ1) is 30.9. The first-order chi connectivity index (χ1) is 20.1. The van der Waals surface area contributed by atoms with E-state index in [0.29, 0.717) is 21.3 Å². The fourth-order valence-corrected chi connectivity index (χ4v) is 5.59. The Bertz CT molecular complexity index is 1740. The lowest BCUT2D eigenvalue weighted by Gasteiger charge is -2.39. The van der Waals surface area contributed by atoms with Gasteiger partial charge in [0.25, 0.3) is 5.92 Å². The van der Waals surface area contributed by atoms with Crippen molar-refractivity contribution in [3.05, 3.63) is 85.8 Å². The molecule has 1 aliphatic rings. The van der Waals surface area contributed by atoms with E-state index in [1.54, 1.807) is 39.0 Å². The summed E-state index contributed by atoms with van der Waals surface area (Å²) in [5, 5.41) is 0.749. The third-order valence-corrected chi connectivity index (χ3v) is 7.82. The van der Waals surface area contributed by atoms with E-state index in [1.165, 1.54) is 21.4 Å². The maximum absolute atomic E-state index is 15.5. The van der Waals surface area contributed by atoms with Crippen LogP contribution in [0.5, 0.6) is 0 Å². The van der Waals surface area contributed by atoms with Crippen LogP contribution in [-0.2, 0) is 24.2 Å². The number of ether oxygens (including phenoxy) is 1. The van der Waals surface area contributed by atoms with Gasteiger partial charge in [-0.25, -0.2) is 32.1 Å². The van der Waals surface area contributed by atoms with Crippen LogP contribution in [0, 0.1) is 17.6 Å². The van der Waals surface area contributed by atoms with Gasteiger partial charge in [-0.1, -0.05) is 29.3 Å². The van der Waals surface area contributed by atoms with Crippen LogP contribution in [-0.4, -0.2) is 54.7 Å². The number of carbonyl (C=O) groups is 1. The van der Waals surface area contributed by atoms with Gasteiger partial charge in [0.05, 0.1) is 18.6 Å². The van der Waals surface area contributed by atoms with Crippen LogP contribution in [0.3, 0.4) is 0 Å². The van der Waals surface area contributed by atoms with Crippen molar-refractivity contribution in [3.8, 4) is 0 Å². The van der Waals surface area contributed by atoms with E-state index in [0.717, 1.165) is 11.0 Å². The highest BCUT2D eigenvalue weighted by Gasteiger charge is 2.47. The summed E-state index contributed by atoms with van der Waals surface area (Å²) in [4.78, 5) is 34.0. The van der Waals surface area contributed by atoms with Crippen LogP contribution in [0.15, 0.2) is 41.3 Å². The number of fused-ring (bicyclic) bond motifs is 1. The lowest BCUT2D eigenvalue weighted by atomic mass is 9.92. The lowest BCUT2D eigenvalue weighted by Crippen LogP contribution is -2.53. The van der Waals surface area contributed by atoms with E-state index >= 15 is 8.78 Å². The summed E-state index contributed by atoms with van der Waals surface area (Å²) in [6, 6.07) is 7.15. The summed E-state index contributed by atoms with van der Waals surface area (Å²) in [6.45, 7) is 3.66. The Morgan fingerprint density at radius 3 is 2.60 bits per heavy atom. The van der Waals surface area contributed by atoms with E-state index in [4.69, 9.17) is 27.9 Å². The molecule has 2 aromatic heterocycles. The number of aromatic nitrogens is 4. The van der Waals surface area contributed by atoms with Crippen molar-refractivity contribution in [1.82, 2.24) is 24.0 Å². The van der Waals surface area contributed by atoms with Crippen molar-refractivity contribution in [2.75, 3.05) is 13.1 Å². The molecule has 1 amide bonds. The van der Waals surface area contributed by atoms with Crippen molar-refractivity contribution < 1.29 is 27.1 Å². The second kappa shape index (κ2) is 11.5. The Morgan fingerprint density at radius 1 is 1.19 bits per heavy atom. The van der Waals surface area contributed by atoms with Crippen LogP contribution in [0.25, 0.3) is 11.0 Å². The molecule has 2 aromatic carbocycles. The van der Waals surface area contributed by atoms with Gasteiger partial charge in [-0.05, 0) is 57.0 Å². The first-order valence-electron chi connectivity index (χ1n) is 13.5. The molecule has 1 atom stereocenters. The standard InChI is InChI=1S/C29H29Cl2F4N5O3/c1-28(2,3)43-27(42)38-9-8-17(29(34,35)15-38)12-40-19(10-16-4-5-18(30)11-20(16)31)13-39(26(40)41)14-23-36-22-7-6-21(32)24(33)25(22)37-23/h4-7,11,13,17H,8-10,12,14-15H2,1-3H3,(H,36,37). The summed E-state index contributed by atoms with van der Waals surface area (Å²) >= 11 is 12.4. The number of benzene rings is 2. The molecule has 5 rings (SSSR count). The second-order valence-corrected chi connectivity index (χ2v) is 12.5. The van der Waals surface area contributed by atoms with Gasteiger partial charge >= 0.3 is 11.8 Å². The monoisotopic (exact) mass is 641 g/mol. The normalized spacial score (nSPS) is 17.0. The number of amides is 1. The minimum atomic E-state index is -3.31. The largest absolute Gasteiger partial charge is 0.444 e. The Kier molecular flexibility index (Phi) is 8.30. The molecule has 1 aliphatic heterocycles. The van der Waals surface area contributed by atoms with Crippen molar-refractivity contribution in [3.63, 3.8) is 0 Å². The third kappa shape index (κ3) is 6.70. The van der Waals surface area contributed by atoms with Crippen LogP contribution >= 0.6 is 23.2 Å². The zero-order valence-electron chi connectivity index (χ0n) is 23.6. The quantitative estimate of drug-likeness (QED) is 0.239. The van der Waals surface area contributed by atoms with Gasteiger partial charge in [0.1, 0.15) is 16.9 Å². The molecule has 3 heterocycles. The van der Waals surface area contributed by atoms with Crippen molar-refractivity contribution in [2.24, 2.45) is 5.92 Å². The molecule has 230 valence electrons. The molecular formula is C29H29Cl2F4N5O3. The maximum Gasteiger partial charge on any atom is 0.410 e. The number of imidazole rings is 2. The Morgan fingerprint density at radius 2 is 1.93 bits per heavy atom. The lowest BCUT2D eigenvalue weighted by molar-refractivity contribution is -0.115. The predicted octanol–water partition coefficient (Wildman–Crippen LogP) is 6.64. The number of carbonyl (C=O) groups excluding carboxylic acids is 1. The fraction of sp³-hybridized carbons (Fsp3) is 0.414. The van der Waals surface area contributed by atoms with E-state index in [1.807, 2.05) is 0 Å². The third-order valence-electron chi connectivity index (χ3n) is 7.23. The molecule has 0 saturated carbocycles. The highest BCUT2D eigenvalue weighted by Crippen LogP contribution is 2.35. The number of likely N-dealkylation sites (tertiary alicyclic amines) is 1. The number of H-pyrrole nitrogens is 1. The highest BCUT2D eigenvalue weighted by atomic mass is 35.5. The van der Waals surface area contributed by atoms with E-state index < -0.39 is 47.4 Å². The van der Waals surface area contributed by atoms with E-state index in [9.17, 15) is 18.4 Å². The van der Waals surface area contributed by atoms with Gasteiger partial charge in [0, 0.05) is 47.4 Å². The summed E-state index contributed by atoms with van der Waals surface area (Å²) in [7, 11) is 0. The molecule has 0 aliphatic carbocycles. The number of nitrogens with zero attached hydrogens (tertiary/aromatic N) is 4. The minimum absolute atomic E-state index is 0.0318. The number of rotatable bonds is 6. The van der Waals surface area contributed by atoms with Crippen LogP contribution in [0.4, 0.5) is 22.4 Å². The summed E-state index contributed by atoms with van der Waals surface area (Å²) in [5.41, 5.74) is -0.398. The average Bonchev–Trinajstić information content (AvgIpc) is 3.44. The number of halogens is 6. The molecule has 14 heteroatoms. The molecule has 1 unspecified atom stereocenters. The maximum atomic E-state index is 15.5. The molecule has 4 aromatic rings. The SMILES string of the molecule is CC(C)(C)OC(=O)N1CCC(Cn2c(Cc3ccc(Cl)cc3Cl)cn(Cc3nc4c(F)c(F)ccc4[nH]3)c2=O)C(F)(F)C1. The first-order valence-corrected chi connectivity index (χ1v) is 14.3. The number of hydrogen-bond acceptors (Lipinski definition) is 4. The topological polar surface area (TPSA) is 85.2 Å². The van der Waals surface area contributed by atoms with Crippen LogP contribution in [0.1, 0.15) is 44.3 Å². The van der Waals surface area contributed by atoms with Crippen LogP contribution in [0.2, 0.25) is 10.0 Å². The molecule has 0 radical (unpaired) electrons. The number of alkyl halides is 2. The average molecular weight is 642 g/mol. The molecular weight excluding hydrogens is 613 g/mol. The molecule has 43 heavy (non-hydrogen) atoms. The second-order valence-electron chi connectivity index (χ2n) is 11.6. The van der Waals surface area contributed by atoms with Gasteiger partial charge < -0.3 is 14.6 Å². The Hall–Kier alpha value is -3.51. The van der Waals surface area contributed by atoms with E-state index in [-0.39, 0.29) is 49.3 Å². The van der Waals surface area contributed by atoms with Crippen molar-refractivity contribution >= 4 is 40.3 Å². The van der Waals surface area contributed by atoms with Gasteiger partial charge in [-0.15, -0.1) is 0 Å². The molecule has 1 saturated heterocycles. The van der Waals surface area contributed by atoms with Gasteiger partial charge in [-0.2, -0.15) is 0 Å². The zero-order chi connectivity index (χ0) is 31.3. The number of nitrogens with one attached hydrogen (secondary N) is 1.